The van der Waals surface area contributed by atoms with Gasteiger partial charge >= 0.3 is 0 Å². The first kappa shape index (κ1) is 11.8. The normalized spacial score (nSPS) is 13.1. The molecular formula is C10H16BrNO2. The molecule has 1 aromatic rings. The Morgan fingerprint density at radius 3 is 2.93 bits per heavy atom. The summed E-state index contributed by atoms with van der Waals surface area (Å²) in [5, 5.41) is 3.16. The number of furan rings is 1. The van der Waals surface area contributed by atoms with Gasteiger partial charge in [0.2, 0.25) is 0 Å². The number of halogens is 1. The van der Waals surface area contributed by atoms with Crippen LogP contribution in [0.15, 0.2) is 21.2 Å². The SMILES string of the molecule is CCCOCC(NC)c1occc1Br. The third-order valence-electron chi connectivity index (χ3n) is 1.94. The van der Waals surface area contributed by atoms with Crippen molar-refractivity contribution in [2.75, 3.05) is 20.3 Å². The molecule has 0 spiro atoms. The van der Waals surface area contributed by atoms with E-state index in [-0.39, 0.29) is 6.04 Å². The number of hydrogen-bond acceptors (Lipinski definition) is 3. The Morgan fingerprint density at radius 1 is 1.64 bits per heavy atom. The van der Waals surface area contributed by atoms with E-state index in [1.54, 1.807) is 6.26 Å². The van der Waals surface area contributed by atoms with Gasteiger partial charge < -0.3 is 14.5 Å². The molecule has 0 bridgehead atoms. The van der Waals surface area contributed by atoms with E-state index in [1.807, 2.05) is 13.1 Å². The summed E-state index contributed by atoms with van der Waals surface area (Å²) in [5.41, 5.74) is 0. The highest BCUT2D eigenvalue weighted by Gasteiger charge is 2.15. The van der Waals surface area contributed by atoms with Gasteiger partial charge in [0.25, 0.3) is 0 Å². The summed E-state index contributed by atoms with van der Waals surface area (Å²) in [6, 6.07) is 2.00. The fourth-order valence-electron chi connectivity index (χ4n) is 1.19. The summed E-state index contributed by atoms with van der Waals surface area (Å²) < 4.78 is 11.8. The zero-order chi connectivity index (χ0) is 10.4. The summed E-state index contributed by atoms with van der Waals surface area (Å²) in [6.45, 7) is 3.52. The molecule has 0 saturated carbocycles. The third-order valence-corrected chi connectivity index (χ3v) is 2.60. The Bertz CT molecular complexity index is 262. The molecule has 0 saturated heterocycles. The molecule has 4 heteroatoms. The van der Waals surface area contributed by atoms with Gasteiger partial charge in [-0.05, 0) is 35.5 Å². The van der Waals surface area contributed by atoms with Crippen molar-refractivity contribution in [3.8, 4) is 0 Å². The summed E-state index contributed by atoms with van der Waals surface area (Å²) in [7, 11) is 1.90. The molecule has 14 heavy (non-hydrogen) atoms. The first-order valence-electron chi connectivity index (χ1n) is 4.77. The van der Waals surface area contributed by atoms with E-state index in [2.05, 4.69) is 28.2 Å². The monoisotopic (exact) mass is 261 g/mol. The highest BCUT2D eigenvalue weighted by Crippen LogP contribution is 2.24. The van der Waals surface area contributed by atoms with E-state index in [4.69, 9.17) is 9.15 Å². The van der Waals surface area contributed by atoms with Crippen molar-refractivity contribution < 1.29 is 9.15 Å². The first-order valence-corrected chi connectivity index (χ1v) is 5.56. The number of rotatable bonds is 6. The van der Waals surface area contributed by atoms with Crippen LogP contribution in [-0.4, -0.2) is 20.3 Å². The van der Waals surface area contributed by atoms with Crippen LogP contribution in [0, 0.1) is 0 Å². The van der Waals surface area contributed by atoms with Gasteiger partial charge in [-0.3, -0.25) is 0 Å². The fourth-order valence-corrected chi connectivity index (χ4v) is 1.67. The van der Waals surface area contributed by atoms with Gasteiger partial charge in [-0.1, -0.05) is 6.92 Å². The summed E-state index contributed by atoms with van der Waals surface area (Å²) >= 11 is 3.43. The molecule has 0 fully saturated rings. The van der Waals surface area contributed by atoms with Gasteiger partial charge in [0.1, 0.15) is 5.76 Å². The van der Waals surface area contributed by atoms with Gasteiger partial charge in [-0.2, -0.15) is 0 Å². The predicted octanol–water partition coefficient (Wildman–Crippen LogP) is 2.73. The van der Waals surface area contributed by atoms with Crippen molar-refractivity contribution in [1.82, 2.24) is 5.32 Å². The van der Waals surface area contributed by atoms with Crippen LogP contribution in [0.25, 0.3) is 0 Å². The lowest BCUT2D eigenvalue weighted by Gasteiger charge is -2.14. The van der Waals surface area contributed by atoms with E-state index in [9.17, 15) is 0 Å². The molecule has 0 radical (unpaired) electrons. The van der Waals surface area contributed by atoms with E-state index in [0.29, 0.717) is 6.61 Å². The number of likely N-dealkylation sites (N-methyl/N-ethyl adjacent to an activating group) is 1. The summed E-state index contributed by atoms with van der Waals surface area (Å²) in [4.78, 5) is 0. The van der Waals surface area contributed by atoms with E-state index < -0.39 is 0 Å². The molecule has 1 rings (SSSR count). The average molecular weight is 262 g/mol. The molecule has 0 aromatic carbocycles. The molecule has 1 heterocycles. The van der Waals surface area contributed by atoms with Crippen LogP contribution < -0.4 is 5.32 Å². The molecule has 80 valence electrons. The molecule has 0 amide bonds. The lowest BCUT2D eigenvalue weighted by molar-refractivity contribution is 0.108. The lowest BCUT2D eigenvalue weighted by Crippen LogP contribution is -2.21. The van der Waals surface area contributed by atoms with E-state index in [1.165, 1.54) is 0 Å². The molecule has 1 unspecified atom stereocenters. The zero-order valence-corrected chi connectivity index (χ0v) is 10.1. The fraction of sp³-hybridized carbons (Fsp3) is 0.600. The lowest BCUT2D eigenvalue weighted by atomic mass is 10.2. The Labute approximate surface area is 92.9 Å². The molecule has 0 aliphatic rings. The standard InChI is InChI=1S/C10H16BrNO2/c1-3-5-13-7-9(12-2)10-8(11)4-6-14-10/h4,6,9,12H,3,5,7H2,1-2H3. The minimum Gasteiger partial charge on any atom is -0.466 e. The van der Waals surface area contributed by atoms with Crippen molar-refractivity contribution in [3.05, 3.63) is 22.6 Å². The second kappa shape index (κ2) is 6.22. The van der Waals surface area contributed by atoms with Crippen molar-refractivity contribution >= 4 is 15.9 Å². The zero-order valence-electron chi connectivity index (χ0n) is 8.55. The highest BCUT2D eigenvalue weighted by molar-refractivity contribution is 9.10. The van der Waals surface area contributed by atoms with Crippen LogP contribution in [0.5, 0.6) is 0 Å². The van der Waals surface area contributed by atoms with Crippen LogP contribution in [0.1, 0.15) is 25.1 Å². The second-order valence-electron chi connectivity index (χ2n) is 3.05. The highest BCUT2D eigenvalue weighted by atomic mass is 79.9. The molecule has 3 nitrogen and oxygen atoms in total. The Kier molecular flexibility index (Phi) is 5.22. The van der Waals surface area contributed by atoms with Crippen LogP contribution in [-0.2, 0) is 4.74 Å². The van der Waals surface area contributed by atoms with Crippen molar-refractivity contribution in [3.63, 3.8) is 0 Å². The van der Waals surface area contributed by atoms with Crippen LogP contribution in [0.3, 0.4) is 0 Å². The maximum absolute atomic E-state index is 5.47. The first-order chi connectivity index (χ1) is 6.79. The Balaban J connectivity index is 2.50. The van der Waals surface area contributed by atoms with E-state index >= 15 is 0 Å². The molecule has 1 N–H and O–H groups in total. The smallest absolute Gasteiger partial charge is 0.137 e. The topological polar surface area (TPSA) is 34.4 Å². The van der Waals surface area contributed by atoms with Crippen LogP contribution in [0.2, 0.25) is 0 Å². The number of nitrogens with one attached hydrogen (secondary N) is 1. The van der Waals surface area contributed by atoms with Crippen LogP contribution >= 0.6 is 15.9 Å². The largest absolute Gasteiger partial charge is 0.466 e. The molecule has 1 aromatic heterocycles. The summed E-state index contributed by atoms with van der Waals surface area (Å²) in [5.74, 6) is 0.892. The average Bonchev–Trinajstić information content (AvgIpc) is 2.60. The second-order valence-corrected chi connectivity index (χ2v) is 3.90. The van der Waals surface area contributed by atoms with Gasteiger partial charge in [0.15, 0.2) is 0 Å². The number of hydrogen-bond donors (Lipinski definition) is 1. The van der Waals surface area contributed by atoms with E-state index in [0.717, 1.165) is 23.3 Å². The maximum Gasteiger partial charge on any atom is 0.137 e. The Hall–Kier alpha value is -0.320. The molecule has 1 atom stereocenters. The minimum absolute atomic E-state index is 0.117. The van der Waals surface area contributed by atoms with Crippen LogP contribution in [0.4, 0.5) is 0 Å². The van der Waals surface area contributed by atoms with Crippen molar-refractivity contribution in [2.45, 2.75) is 19.4 Å². The van der Waals surface area contributed by atoms with Crippen molar-refractivity contribution in [2.24, 2.45) is 0 Å². The molecular weight excluding hydrogens is 246 g/mol. The minimum atomic E-state index is 0.117. The van der Waals surface area contributed by atoms with Crippen molar-refractivity contribution in [1.29, 1.82) is 0 Å². The van der Waals surface area contributed by atoms with Gasteiger partial charge in [0, 0.05) is 6.61 Å². The van der Waals surface area contributed by atoms with Gasteiger partial charge in [0.05, 0.1) is 23.4 Å². The molecule has 0 aliphatic heterocycles. The third kappa shape index (κ3) is 3.12. The quantitative estimate of drug-likeness (QED) is 0.800. The number of ether oxygens (including phenoxy) is 1. The summed E-state index contributed by atoms with van der Waals surface area (Å²) in [6.07, 6.45) is 2.71. The predicted molar refractivity (Wildman–Crippen MR) is 59.3 cm³/mol. The maximum atomic E-state index is 5.47. The van der Waals surface area contributed by atoms with Gasteiger partial charge in [-0.25, -0.2) is 0 Å². The van der Waals surface area contributed by atoms with Gasteiger partial charge in [-0.15, -0.1) is 0 Å². The molecule has 0 aliphatic carbocycles. The Morgan fingerprint density at radius 2 is 2.43 bits per heavy atom.